The van der Waals surface area contributed by atoms with Crippen LogP contribution in [-0.4, -0.2) is 64.6 Å². The molecule has 30 heavy (non-hydrogen) atoms. The fourth-order valence-corrected chi connectivity index (χ4v) is 6.66. The Morgan fingerprint density at radius 2 is 2.03 bits per heavy atom. The maximum atomic E-state index is 13.0. The van der Waals surface area contributed by atoms with E-state index in [1.54, 1.807) is 11.3 Å². The Kier molecular flexibility index (Phi) is 5.26. The third-order valence-electron chi connectivity index (χ3n) is 6.21. The van der Waals surface area contributed by atoms with Crippen LogP contribution in [0.3, 0.4) is 0 Å². The summed E-state index contributed by atoms with van der Waals surface area (Å²) in [6.07, 6.45) is 10.6. The summed E-state index contributed by atoms with van der Waals surface area (Å²) in [5.41, 5.74) is 3.31. The molecule has 156 valence electrons. The first-order valence-electron chi connectivity index (χ1n) is 10.5. The zero-order valence-corrected chi connectivity index (χ0v) is 19.4. The number of aromatic nitrogens is 1. The van der Waals surface area contributed by atoms with E-state index in [-0.39, 0.29) is 11.7 Å². The molecule has 0 spiro atoms. The topological polar surface area (TPSA) is 39.7 Å². The van der Waals surface area contributed by atoms with Gasteiger partial charge in [-0.3, -0.25) is 4.79 Å². The van der Waals surface area contributed by atoms with Crippen molar-refractivity contribution in [1.29, 1.82) is 0 Å². The van der Waals surface area contributed by atoms with Gasteiger partial charge >= 0.3 is 0 Å². The van der Waals surface area contributed by atoms with E-state index in [1.807, 2.05) is 17.9 Å². The van der Waals surface area contributed by atoms with E-state index in [0.29, 0.717) is 14.6 Å². The normalized spacial score (nSPS) is 23.3. The van der Waals surface area contributed by atoms with Gasteiger partial charge in [-0.1, -0.05) is 20.7 Å². The SMILES string of the molecule is Cc1nc2cc(C3=CC(=O)N4C=C(N5CCC(N(C)C)CC5)C=CC4P3)ccc2s1. The predicted octanol–water partition coefficient (Wildman–Crippen LogP) is 4.23. The lowest BCUT2D eigenvalue weighted by atomic mass is 10.0. The molecule has 5 rings (SSSR count). The highest BCUT2D eigenvalue weighted by Gasteiger charge is 2.30. The van der Waals surface area contributed by atoms with E-state index in [1.165, 1.54) is 17.5 Å². The lowest BCUT2D eigenvalue weighted by Gasteiger charge is -2.40. The first kappa shape index (κ1) is 19.9. The molecule has 2 aromatic rings. The van der Waals surface area contributed by atoms with Crippen LogP contribution in [0.4, 0.5) is 0 Å². The van der Waals surface area contributed by atoms with Crippen molar-refractivity contribution < 1.29 is 4.79 Å². The van der Waals surface area contributed by atoms with E-state index in [2.05, 4.69) is 65.4 Å². The molecular weight excluding hydrogens is 411 g/mol. The van der Waals surface area contributed by atoms with Gasteiger partial charge in [0.05, 0.1) is 26.7 Å². The second-order valence-corrected chi connectivity index (χ2v) is 11.1. The van der Waals surface area contributed by atoms with Gasteiger partial charge in [0.25, 0.3) is 5.91 Å². The predicted molar refractivity (Wildman–Crippen MR) is 127 cm³/mol. The summed E-state index contributed by atoms with van der Waals surface area (Å²) in [7, 11) is 4.86. The lowest BCUT2D eigenvalue weighted by Crippen LogP contribution is -2.43. The van der Waals surface area contributed by atoms with Crippen molar-refractivity contribution in [1.82, 2.24) is 19.7 Å². The smallest absolute Gasteiger partial charge is 0.252 e. The Labute approximate surface area is 183 Å². The highest BCUT2D eigenvalue weighted by molar-refractivity contribution is 7.51. The molecule has 0 aliphatic carbocycles. The van der Waals surface area contributed by atoms with Crippen molar-refractivity contribution in [2.45, 2.75) is 31.6 Å². The number of thiazole rings is 1. The number of piperidine rings is 1. The average Bonchev–Trinajstić information content (AvgIpc) is 3.12. The van der Waals surface area contributed by atoms with Gasteiger partial charge in [-0.25, -0.2) is 4.98 Å². The molecule has 1 amide bonds. The molecular formula is C23H27N4OPS. The van der Waals surface area contributed by atoms with Crippen molar-refractivity contribution >= 4 is 41.4 Å². The van der Waals surface area contributed by atoms with Crippen LogP contribution in [0.2, 0.25) is 0 Å². The molecule has 3 aliphatic heterocycles. The maximum absolute atomic E-state index is 13.0. The Morgan fingerprint density at radius 1 is 1.23 bits per heavy atom. The number of benzene rings is 1. The van der Waals surface area contributed by atoms with Gasteiger partial charge in [0, 0.05) is 31.4 Å². The van der Waals surface area contributed by atoms with Crippen LogP contribution in [0.1, 0.15) is 23.4 Å². The third-order valence-corrected chi connectivity index (χ3v) is 8.67. The van der Waals surface area contributed by atoms with Gasteiger partial charge in [-0.05, 0) is 62.9 Å². The molecule has 1 aromatic carbocycles. The number of carbonyl (C=O) groups is 1. The number of aryl methyl sites for hydroxylation is 1. The molecule has 7 heteroatoms. The second-order valence-electron chi connectivity index (χ2n) is 8.40. The van der Waals surface area contributed by atoms with Gasteiger partial charge in [0.15, 0.2) is 0 Å². The van der Waals surface area contributed by atoms with Crippen LogP contribution in [-0.2, 0) is 4.79 Å². The summed E-state index contributed by atoms with van der Waals surface area (Å²) in [5, 5.41) is 2.20. The first-order valence-corrected chi connectivity index (χ1v) is 12.4. The molecule has 0 saturated carbocycles. The number of likely N-dealkylation sites (tertiary alicyclic amines) is 1. The zero-order valence-electron chi connectivity index (χ0n) is 17.6. The van der Waals surface area contributed by atoms with Crippen molar-refractivity contribution in [2.75, 3.05) is 27.2 Å². The Balaban J connectivity index is 1.34. The largest absolute Gasteiger partial charge is 0.370 e. The Bertz CT molecular complexity index is 1080. The molecule has 2 atom stereocenters. The summed E-state index contributed by atoms with van der Waals surface area (Å²) < 4.78 is 1.20. The second kappa shape index (κ2) is 7.92. The summed E-state index contributed by atoms with van der Waals surface area (Å²) in [6, 6.07) is 7.04. The van der Waals surface area contributed by atoms with E-state index in [9.17, 15) is 4.79 Å². The molecule has 1 fully saturated rings. The van der Waals surface area contributed by atoms with E-state index in [4.69, 9.17) is 0 Å². The number of nitrogens with zero attached hydrogens (tertiary/aromatic N) is 4. The van der Waals surface area contributed by atoms with Crippen molar-refractivity contribution in [2.24, 2.45) is 0 Å². The molecule has 1 aromatic heterocycles. The minimum atomic E-state index is 0.0772. The third kappa shape index (κ3) is 3.73. The van der Waals surface area contributed by atoms with Gasteiger partial charge < -0.3 is 14.7 Å². The number of fused-ring (bicyclic) bond motifs is 2. The fraction of sp³-hybridized carbons (Fsp3) is 0.391. The monoisotopic (exact) mass is 438 g/mol. The standard InChI is InChI=1S/C23H27N4OPS/c1-15-24-19-12-16(4-6-21(19)30-15)20-13-22(28)27-14-18(5-7-23(27)29-20)26-10-8-17(9-11-26)25(2)3/h4-7,12-14,17,23,29H,8-11H2,1-3H3. The van der Waals surface area contributed by atoms with Crippen LogP contribution in [0, 0.1) is 6.92 Å². The molecule has 0 N–H and O–H groups in total. The Hall–Kier alpha value is -2.01. The number of carbonyl (C=O) groups excluding carboxylic acids is 1. The van der Waals surface area contributed by atoms with E-state index in [0.717, 1.165) is 40.2 Å². The molecule has 3 aliphatic rings. The first-order chi connectivity index (χ1) is 14.5. The van der Waals surface area contributed by atoms with Crippen LogP contribution < -0.4 is 0 Å². The summed E-state index contributed by atoms with van der Waals surface area (Å²) >= 11 is 1.71. The van der Waals surface area contributed by atoms with Crippen LogP contribution in [0.25, 0.3) is 15.5 Å². The van der Waals surface area contributed by atoms with E-state index < -0.39 is 0 Å². The van der Waals surface area contributed by atoms with Crippen molar-refractivity contribution in [3.8, 4) is 0 Å². The van der Waals surface area contributed by atoms with Crippen LogP contribution >= 0.6 is 19.9 Å². The highest BCUT2D eigenvalue weighted by Crippen LogP contribution is 2.45. The molecule has 5 nitrogen and oxygen atoms in total. The van der Waals surface area contributed by atoms with Gasteiger partial charge in [-0.2, -0.15) is 0 Å². The lowest BCUT2D eigenvalue weighted by molar-refractivity contribution is -0.123. The number of amides is 1. The molecule has 1 saturated heterocycles. The number of rotatable bonds is 3. The summed E-state index contributed by atoms with van der Waals surface area (Å²) in [6.45, 7) is 4.12. The summed E-state index contributed by atoms with van der Waals surface area (Å²) in [4.78, 5) is 24.3. The van der Waals surface area contributed by atoms with E-state index >= 15 is 0 Å². The minimum Gasteiger partial charge on any atom is -0.370 e. The van der Waals surface area contributed by atoms with Gasteiger partial charge in [0.2, 0.25) is 0 Å². The van der Waals surface area contributed by atoms with Gasteiger partial charge in [-0.15, -0.1) is 11.3 Å². The minimum absolute atomic E-state index is 0.0772. The molecule has 0 radical (unpaired) electrons. The fourth-order valence-electron chi connectivity index (χ4n) is 4.47. The maximum Gasteiger partial charge on any atom is 0.252 e. The van der Waals surface area contributed by atoms with Crippen LogP contribution in [0.5, 0.6) is 0 Å². The average molecular weight is 439 g/mol. The van der Waals surface area contributed by atoms with Crippen molar-refractivity contribution in [3.05, 3.63) is 58.9 Å². The molecule has 0 bridgehead atoms. The number of allylic oxidation sites excluding steroid dienone is 1. The van der Waals surface area contributed by atoms with Gasteiger partial charge in [0.1, 0.15) is 0 Å². The number of hydrogen-bond acceptors (Lipinski definition) is 5. The molecule has 2 unspecified atom stereocenters. The zero-order chi connectivity index (χ0) is 20.8. The van der Waals surface area contributed by atoms with Crippen LogP contribution in [0.15, 0.2) is 48.3 Å². The summed E-state index contributed by atoms with van der Waals surface area (Å²) in [5.74, 6) is 0.196. The quantitative estimate of drug-likeness (QED) is 0.673. The van der Waals surface area contributed by atoms with Crippen molar-refractivity contribution in [3.63, 3.8) is 0 Å². The Morgan fingerprint density at radius 3 is 2.80 bits per heavy atom. The number of hydrogen-bond donors (Lipinski definition) is 0. The molecule has 4 heterocycles. The highest BCUT2D eigenvalue weighted by atomic mass is 32.1.